The molecule has 0 aliphatic rings. The van der Waals surface area contributed by atoms with Crippen LogP contribution >= 0.6 is 0 Å². The van der Waals surface area contributed by atoms with Crippen LogP contribution in [0.25, 0.3) is 10.9 Å². The van der Waals surface area contributed by atoms with Crippen LogP contribution in [0.2, 0.25) is 0 Å². The number of carbonyl (C=O) groups is 2. The molecule has 19 heavy (non-hydrogen) atoms. The fourth-order valence-corrected chi connectivity index (χ4v) is 2.11. The summed E-state index contributed by atoms with van der Waals surface area (Å²) in [7, 11) is 0. The van der Waals surface area contributed by atoms with E-state index in [0.717, 1.165) is 0 Å². The second kappa shape index (κ2) is 5.09. The van der Waals surface area contributed by atoms with Crippen LogP contribution in [-0.2, 0) is 0 Å². The Morgan fingerprint density at radius 2 is 1.89 bits per heavy atom. The van der Waals surface area contributed by atoms with Crippen molar-refractivity contribution in [3.8, 4) is 0 Å². The lowest BCUT2D eigenvalue weighted by Gasteiger charge is -2.19. The summed E-state index contributed by atoms with van der Waals surface area (Å²) in [5.74, 6) is -0.622. The molecule has 3 N–H and O–H groups in total. The Balaban J connectivity index is 2.57. The van der Waals surface area contributed by atoms with Crippen molar-refractivity contribution in [2.24, 2.45) is 5.73 Å². The highest BCUT2D eigenvalue weighted by Gasteiger charge is 2.19. The van der Waals surface area contributed by atoms with Crippen molar-refractivity contribution in [1.29, 1.82) is 0 Å². The third-order valence-electron chi connectivity index (χ3n) is 3.16. The van der Waals surface area contributed by atoms with Crippen molar-refractivity contribution in [3.63, 3.8) is 0 Å². The molecule has 0 saturated heterocycles. The number of aromatic nitrogens is 2. The molecule has 0 radical (unpaired) electrons. The molecule has 1 heterocycles. The quantitative estimate of drug-likeness (QED) is 0.863. The summed E-state index contributed by atoms with van der Waals surface area (Å²) in [5.41, 5.74) is 6.66. The number of hydrogen-bond donors (Lipinski definition) is 2. The maximum absolute atomic E-state index is 12.4. The molecule has 2 amide bonds. The molecule has 1 aromatic carbocycles. The largest absolute Gasteiger partial charge is 0.366 e. The van der Waals surface area contributed by atoms with Gasteiger partial charge in [-0.25, -0.2) is 0 Å². The van der Waals surface area contributed by atoms with Crippen molar-refractivity contribution in [3.05, 3.63) is 29.5 Å². The SMILES string of the molecule is CCN(CC)C(=O)c1ccc(C(N)=O)c2[nH]ncc12. The first-order chi connectivity index (χ1) is 9.10. The van der Waals surface area contributed by atoms with E-state index in [1.807, 2.05) is 13.8 Å². The molecule has 6 nitrogen and oxygen atoms in total. The molecule has 0 spiro atoms. The fourth-order valence-electron chi connectivity index (χ4n) is 2.11. The van der Waals surface area contributed by atoms with E-state index in [1.165, 1.54) is 0 Å². The number of carbonyl (C=O) groups excluding carboxylic acids is 2. The molecular weight excluding hydrogens is 244 g/mol. The predicted molar refractivity (Wildman–Crippen MR) is 71.9 cm³/mol. The summed E-state index contributed by atoms with van der Waals surface area (Å²) in [6.07, 6.45) is 1.54. The number of rotatable bonds is 4. The Labute approximate surface area is 110 Å². The molecule has 0 atom stereocenters. The summed E-state index contributed by atoms with van der Waals surface area (Å²) < 4.78 is 0. The van der Waals surface area contributed by atoms with Crippen molar-refractivity contribution in [1.82, 2.24) is 15.1 Å². The molecule has 1 aromatic heterocycles. The zero-order valence-electron chi connectivity index (χ0n) is 10.9. The van der Waals surface area contributed by atoms with Gasteiger partial charge in [0.15, 0.2) is 0 Å². The molecule has 0 unspecified atom stereocenters. The van der Waals surface area contributed by atoms with Crippen LogP contribution < -0.4 is 5.73 Å². The smallest absolute Gasteiger partial charge is 0.254 e. The Morgan fingerprint density at radius 3 is 2.47 bits per heavy atom. The Hall–Kier alpha value is -2.37. The third-order valence-corrected chi connectivity index (χ3v) is 3.16. The maximum Gasteiger partial charge on any atom is 0.254 e. The van der Waals surface area contributed by atoms with Crippen LogP contribution in [0, 0.1) is 0 Å². The molecule has 0 bridgehead atoms. The topological polar surface area (TPSA) is 92.1 Å². The summed E-state index contributed by atoms with van der Waals surface area (Å²) >= 11 is 0. The Bertz CT molecular complexity index is 629. The van der Waals surface area contributed by atoms with Crippen LogP contribution in [0.1, 0.15) is 34.6 Å². The lowest BCUT2D eigenvalue weighted by Crippen LogP contribution is -2.30. The molecule has 100 valence electrons. The van der Waals surface area contributed by atoms with E-state index in [9.17, 15) is 9.59 Å². The second-order valence-corrected chi connectivity index (χ2v) is 4.16. The van der Waals surface area contributed by atoms with E-state index in [0.29, 0.717) is 35.1 Å². The van der Waals surface area contributed by atoms with Crippen molar-refractivity contribution >= 4 is 22.7 Å². The molecule has 6 heteroatoms. The highest BCUT2D eigenvalue weighted by atomic mass is 16.2. The number of H-pyrrole nitrogens is 1. The lowest BCUT2D eigenvalue weighted by atomic mass is 10.0. The van der Waals surface area contributed by atoms with E-state index < -0.39 is 5.91 Å². The van der Waals surface area contributed by atoms with Crippen LogP contribution in [0.5, 0.6) is 0 Å². The van der Waals surface area contributed by atoms with Gasteiger partial charge in [0.05, 0.1) is 22.8 Å². The lowest BCUT2D eigenvalue weighted by molar-refractivity contribution is 0.0774. The number of fused-ring (bicyclic) bond motifs is 1. The van der Waals surface area contributed by atoms with Gasteiger partial charge >= 0.3 is 0 Å². The molecule has 2 rings (SSSR count). The summed E-state index contributed by atoms with van der Waals surface area (Å²) in [6.45, 7) is 5.11. The normalized spacial score (nSPS) is 10.6. The van der Waals surface area contributed by atoms with E-state index in [2.05, 4.69) is 10.2 Å². The van der Waals surface area contributed by atoms with Crippen LogP contribution in [0.4, 0.5) is 0 Å². The highest BCUT2D eigenvalue weighted by Crippen LogP contribution is 2.21. The monoisotopic (exact) mass is 260 g/mol. The van der Waals surface area contributed by atoms with Gasteiger partial charge in [-0.1, -0.05) is 0 Å². The molecular formula is C13H16N4O2. The minimum absolute atomic E-state index is 0.0765. The van der Waals surface area contributed by atoms with Gasteiger partial charge in [0, 0.05) is 18.5 Å². The van der Waals surface area contributed by atoms with Crippen LogP contribution in [-0.4, -0.2) is 40.0 Å². The standard InChI is InChI=1S/C13H16N4O2/c1-3-17(4-2)13(19)8-5-6-9(12(14)18)11-10(8)7-15-16-11/h5-7H,3-4H2,1-2H3,(H2,14,18)(H,15,16). The first kappa shape index (κ1) is 13.1. The van der Waals surface area contributed by atoms with Crippen molar-refractivity contribution in [2.75, 3.05) is 13.1 Å². The average Bonchev–Trinajstić information content (AvgIpc) is 2.87. The van der Waals surface area contributed by atoms with Gasteiger partial charge in [-0.3, -0.25) is 14.7 Å². The Morgan fingerprint density at radius 1 is 1.26 bits per heavy atom. The minimum Gasteiger partial charge on any atom is -0.366 e. The number of nitrogens with two attached hydrogens (primary N) is 1. The summed E-state index contributed by atoms with van der Waals surface area (Å²) in [4.78, 5) is 25.4. The predicted octanol–water partition coefficient (Wildman–Crippen LogP) is 1.14. The highest BCUT2D eigenvalue weighted by molar-refractivity contribution is 6.12. The summed E-state index contributed by atoms with van der Waals surface area (Å²) in [6, 6.07) is 3.18. The first-order valence-corrected chi connectivity index (χ1v) is 6.15. The summed E-state index contributed by atoms with van der Waals surface area (Å²) in [5, 5.41) is 7.23. The zero-order chi connectivity index (χ0) is 14.0. The number of aromatic amines is 1. The van der Waals surface area contributed by atoms with E-state index in [-0.39, 0.29) is 5.91 Å². The number of amides is 2. The number of nitrogens with zero attached hydrogens (tertiary/aromatic N) is 2. The van der Waals surface area contributed by atoms with E-state index >= 15 is 0 Å². The average molecular weight is 260 g/mol. The minimum atomic E-state index is -0.545. The van der Waals surface area contributed by atoms with Crippen LogP contribution in [0.3, 0.4) is 0 Å². The van der Waals surface area contributed by atoms with Gasteiger partial charge in [-0.2, -0.15) is 5.10 Å². The van der Waals surface area contributed by atoms with Gasteiger partial charge in [-0.05, 0) is 26.0 Å². The molecule has 0 aliphatic carbocycles. The zero-order valence-corrected chi connectivity index (χ0v) is 10.9. The first-order valence-electron chi connectivity index (χ1n) is 6.15. The Kier molecular flexibility index (Phi) is 3.50. The van der Waals surface area contributed by atoms with E-state index in [1.54, 1.807) is 23.2 Å². The van der Waals surface area contributed by atoms with Gasteiger partial charge in [0.25, 0.3) is 11.8 Å². The molecule has 0 saturated carbocycles. The number of nitrogens with one attached hydrogen (secondary N) is 1. The van der Waals surface area contributed by atoms with Crippen LogP contribution in [0.15, 0.2) is 18.3 Å². The van der Waals surface area contributed by atoms with Gasteiger partial charge < -0.3 is 10.6 Å². The van der Waals surface area contributed by atoms with E-state index in [4.69, 9.17) is 5.73 Å². The fraction of sp³-hybridized carbons (Fsp3) is 0.308. The van der Waals surface area contributed by atoms with Crippen molar-refractivity contribution < 1.29 is 9.59 Å². The molecule has 2 aromatic rings. The third kappa shape index (κ3) is 2.16. The number of hydrogen-bond acceptors (Lipinski definition) is 3. The molecule has 0 aliphatic heterocycles. The number of primary amides is 1. The molecule has 0 fully saturated rings. The second-order valence-electron chi connectivity index (χ2n) is 4.16. The van der Waals surface area contributed by atoms with Gasteiger partial charge in [0.1, 0.15) is 0 Å². The number of benzene rings is 1. The van der Waals surface area contributed by atoms with Gasteiger partial charge in [-0.15, -0.1) is 0 Å². The van der Waals surface area contributed by atoms with Gasteiger partial charge in [0.2, 0.25) is 0 Å². The maximum atomic E-state index is 12.4. The van der Waals surface area contributed by atoms with Crippen molar-refractivity contribution in [2.45, 2.75) is 13.8 Å².